The molecular weight excluding hydrogens is 378 g/mol. The number of piperazine rings is 1. The van der Waals surface area contributed by atoms with E-state index in [1.54, 1.807) is 11.0 Å². The smallest absolute Gasteiger partial charge is 0.276 e. The highest BCUT2D eigenvalue weighted by Crippen LogP contribution is 2.26. The van der Waals surface area contributed by atoms with Crippen LogP contribution in [-0.2, 0) is 4.79 Å². The average Bonchev–Trinajstić information content (AvgIpc) is 3.31. The molecule has 4 rings (SSSR count). The van der Waals surface area contributed by atoms with Crippen LogP contribution in [-0.4, -0.2) is 40.5 Å². The third-order valence-corrected chi connectivity index (χ3v) is 5.42. The molecule has 2 atom stereocenters. The average molecular weight is 412 g/mol. The van der Waals surface area contributed by atoms with Crippen LogP contribution in [0.15, 0.2) is 34.9 Å². The van der Waals surface area contributed by atoms with Gasteiger partial charge in [-0.3, -0.25) is 9.59 Å². The third-order valence-electron chi connectivity index (χ3n) is 5.42. The number of hydrogen-bond acceptors (Lipinski definition) is 4. The molecule has 0 spiro atoms. The van der Waals surface area contributed by atoms with Crippen molar-refractivity contribution in [3.63, 3.8) is 0 Å². The quantitative estimate of drug-likeness (QED) is 0.807. The SMILES string of the molecule is CC1CC1.Cc1ccc(-c2cc(C(=O)N3CC(C)NC(=O)C3CC(C)C)no2)cc1. The Morgan fingerprint density at radius 2 is 1.87 bits per heavy atom. The summed E-state index contributed by atoms with van der Waals surface area (Å²) in [5.41, 5.74) is 2.25. The predicted octanol–water partition coefficient (Wildman–Crippen LogP) is 4.44. The Labute approximate surface area is 179 Å². The highest BCUT2D eigenvalue weighted by Gasteiger charge is 2.37. The number of benzene rings is 1. The maximum atomic E-state index is 13.0. The van der Waals surface area contributed by atoms with Crippen molar-refractivity contribution in [2.45, 2.75) is 66.0 Å². The van der Waals surface area contributed by atoms with Gasteiger partial charge in [-0.25, -0.2) is 0 Å². The van der Waals surface area contributed by atoms with Gasteiger partial charge < -0.3 is 14.7 Å². The minimum atomic E-state index is -0.474. The Kier molecular flexibility index (Phi) is 6.95. The molecule has 2 unspecified atom stereocenters. The molecule has 1 aliphatic heterocycles. The Morgan fingerprint density at radius 3 is 2.43 bits per heavy atom. The van der Waals surface area contributed by atoms with Crippen LogP contribution in [0.1, 0.15) is 63.0 Å². The van der Waals surface area contributed by atoms with Crippen molar-refractivity contribution >= 4 is 11.8 Å². The third kappa shape index (κ3) is 5.71. The maximum absolute atomic E-state index is 13.0. The Balaban J connectivity index is 0.000000572. The highest BCUT2D eigenvalue weighted by molar-refractivity contribution is 5.97. The molecule has 1 aliphatic carbocycles. The number of aromatic nitrogens is 1. The summed E-state index contributed by atoms with van der Waals surface area (Å²) >= 11 is 0. The molecule has 1 aromatic heterocycles. The van der Waals surface area contributed by atoms with Gasteiger partial charge in [-0.1, -0.05) is 68.6 Å². The lowest BCUT2D eigenvalue weighted by atomic mass is 9.98. The number of nitrogens with zero attached hydrogens (tertiary/aromatic N) is 2. The molecule has 2 heterocycles. The van der Waals surface area contributed by atoms with Gasteiger partial charge in [0, 0.05) is 24.2 Å². The fraction of sp³-hybridized carbons (Fsp3) is 0.542. The molecule has 1 aromatic carbocycles. The van der Waals surface area contributed by atoms with Crippen molar-refractivity contribution < 1.29 is 14.1 Å². The van der Waals surface area contributed by atoms with Crippen molar-refractivity contribution in [2.75, 3.05) is 6.54 Å². The van der Waals surface area contributed by atoms with Gasteiger partial charge in [0.2, 0.25) is 5.91 Å². The van der Waals surface area contributed by atoms with Gasteiger partial charge in [-0.2, -0.15) is 0 Å². The number of rotatable bonds is 4. The molecule has 0 bridgehead atoms. The van der Waals surface area contributed by atoms with Crippen LogP contribution in [0.25, 0.3) is 11.3 Å². The van der Waals surface area contributed by atoms with E-state index in [0.717, 1.165) is 17.0 Å². The number of nitrogens with one attached hydrogen (secondary N) is 1. The Hall–Kier alpha value is -2.63. The molecule has 1 saturated heterocycles. The van der Waals surface area contributed by atoms with Gasteiger partial charge in [-0.15, -0.1) is 0 Å². The first kappa shape index (κ1) is 22.1. The van der Waals surface area contributed by atoms with Crippen LogP contribution in [0.5, 0.6) is 0 Å². The van der Waals surface area contributed by atoms with Gasteiger partial charge in [0.15, 0.2) is 11.5 Å². The summed E-state index contributed by atoms with van der Waals surface area (Å²) in [6.45, 7) is 10.7. The van der Waals surface area contributed by atoms with Crippen LogP contribution < -0.4 is 5.32 Å². The standard InChI is InChI=1S/C20H25N3O3.C4H8/c1-12(2)9-17-19(24)21-14(4)11-23(17)20(25)16-10-18(26-22-16)15-7-5-13(3)6-8-15;1-4-2-3-4/h5-8,10,12,14,17H,9,11H2,1-4H3,(H,21,24);4H,2-3H2,1H3. The van der Waals surface area contributed by atoms with Crippen molar-refractivity contribution in [1.29, 1.82) is 0 Å². The second kappa shape index (κ2) is 9.45. The molecule has 2 aliphatic rings. The van der Waals surface area contributed by atoms with E-state index in [2.05, 4.69) is 17.4 Å². The minimum Gasteiger partial charge on any atom is -0.355 e. The van der Waals surface area contributed by atoms with Crippen LogP contribution in [0.4, 0.5) is 0 Å². The van der Waals surface area contributed by atoms with E-state index >= 15 is 0 Å². The van der Waals surface area contributed by atoms with Gasteiger partial charge in [0.25, 0.3) is 5.91 Å². The summed E-state index contributed by atoms with van der Waals surface area (Å²) in [7, 11) is 0. The van der Waals surface area contributed by atoms with Crippen molar-refractivity contribution in [3.8, 4) is 11.3 Å². The predicted molar refractivity (Wildman–Crippen MR) is 117 cm³/mol. The molecule has 6 heteroatoms. The van der Waals surface area contributed by atoms with Crippen LogP contribution in [0, 0.1) is 18.8 Å². The largest absolute Gasteiger partial charge is 0.355 e. The lowest BCUT2D eigenvalue weighted by Crippen LogP contribution is -2.61. The number of amides is 2. The number of hydrogen-bond donors (Lipinski definition) is 1. The summed E-state index contributed by atoms with van der Waals surface area (Å²) in [6, 6.07) is 8.92. The van der Waals surface area contributed by atoms with E-state index < -0.39 is 6.04 Å². The van der Waals surface area contributed by atoms with E-state index in [0.29, 0.717) is 24.6 Å². The zero-order chi connectivity index (χ0) is 21.8. The van der Waals surface area contributed by atoms with Gasteiger partial charge in [0.1, 0.15) is 6.04 Å². The molecule has 30 heavy (non-hydrogen) atoms. The summed E-state index contributed by atoms with van der Waals surface area (Å²) in [4.78, 5) is 27.0. The van der Waals surface area contributed by atoms with E-state index in [9.17, 15) is 9.59 Å². The zero-order valence-electron chi connectivity index (χ0n) is 18.6. The number of carbonyl (C=O) groups excluding carboxylic acids is 2. The fourth-order valence-corrected chi connectivity index (χ4v) is 3.40. The van der Waals surface area contributed by atoms with Crippen LogP contribution in [0.3, 0.4) is 0 Å². The first-order valence-corrected chi connectivity index (χ1v) is 10.9. The van der Waals surface area contributed by atoms with Crippen molar-refractivity contribution in [1.82, 2.24) is 15.4 Å². The summed E-state index contributed by atoms with van der Waals surface area (Å²) in [5, 5.41) is 6.89. The first-order valence-electron chi connectivity index (χ1n) is 10.9. The highest BCUT2D eigenvalue weighted by atomic mass is 16.5. The minimum absolute atomic E-state index is 0.0849. The maximum Gasteiger partial charge on any atom is 0.276 e. The lowest BCUT2D eigenvalue weighted by Gasteiger charge is -2.38. The molecule has 0 radical (unpaired) electrons. The van der Waals surface area contributed by atoms with E-state index in [-0.39, 0.29) is 23.6 Å². The molecular formula is C24H33N3O3. The lowest BCUT2D eigenvalue weighted by molar-refractivity contribution is -0.129. The van der Waals surface area contributed by atoms with Crippen molar-refractivity contribution in [2.24, 2.45) is 11.8 Å². The molecule has 6 nitrogen and oxygen atoms in total. The molecule has 1 N–H and O–H groups in total. The van der Waals surface area contributed by atoms with E-state index in [1.807, 2.05) is 52.0 Å². The zero-order valence-corrected chi connectivity index (χ0v) is 18.6. The summed E-state index contributed by atoms with van der Waals surface area (Å²) in [5.74, 6) is 1.56. The Morgan fingerprint density at radius 1 is 1.23 bits per heavy atom. The van der Waals surface area contributed by atoms with E-state index in [1.165, 1.54) is 12.8 Å². The Bertz CT molecular complexity index is 868. The van der Waals surface area contributed by atoms with Crippen LogP contribution in [0.2, 0.25) is 0 Å². The van der Waals surface area contributed by atoms with Gasteiger partial charge in [-0.05, 0) is 32.1 Å². The number of aryl methyl sites for hydroxylation is 1. The first-order chi connectivity index (χ1) is 14.2. The molecule has 2 aromatic rings. The molecule has 2 fully saturated rings. The van der Waals surface area contributed by atoms with Gasteiger partial charge >= 0.3 is 0 Å². The molecule has 1 saturated carbocycles. The normalized spacial score (nSPS) is 21.1. The van der Waals surface area contributed by atoms with Crippen LogP contribution >= 0.6 is 0 Å². The second-order valence-electron chi connectivity index (χ2n) is 9.14. The topological polar surface area (TPSA) is 75.4 Å². The summed E-state index contributed by atoms with van der Waals surface area (Å²) < 4.78 is 5.37. The van der Waals surface area contributed by atoms with Crippen molar-refractivity contribution in [3.05, 3.63) is 41.6 Å². The molecule has 2 amide bonds. The monoisotopic (exact) mass is 411 g/mol. The fourth-order valence-electron chi connectivity index (χ4n) is 3.40. The molecule has 162 valence electrons. The second-order valence-corrected chi connectivity index (χ2v) is 9.14. The van der Waals surface area contributed by atoms with E-state index in [4.69, 9.17) is 4.52 Å². The number of carbonyl (C=O) groups is 2. The summed E-state index contributed by atoms with van der Waals surface area (Å²) in [6.07, 6.45) is 3.59. The van der Waals surface area contributed by atoms with Gasteiger partial charge in [0.05, 0.1) is 0 Å².